The number of fused-ring (bicyclic) bond motifs is 1. The van der Waals surface area contributed by atoms with E-state index in [1.807, 2.05) is 24.6 Å². The molecule has 0 saturated heterocycles. The van der Waals surface area contributed by atoms with Crippen molar-refractivity contribution in [1.82, 2.24) is 9.55 Å². The lowest BCUT2D eigenvalue weighted by atomic mass is 10.1. The van der Waals surface area contributed by atoms with Gasteiger partial charge < -0.3 is 9.67 Å². The molecule has 1 N–H and O–H groups in total. The molecule has 2 aromatic rings. The van der Waals surface area contributed by atoms with Gasteiger partial charge in [-0.3, -0.25) is 0 Å². The molecular weight excluding hydrogens is 216 g/mol. The van der Waals surface area contributed by atoms with Crippen LogP contribution < -0.4 is 0 Å². The highest BCUT2D eigenvalue weighted by Gasteiger charge is 2.07. The van der Waals surface area contributed by atoms with Crippen LogP contribution in [0.25, 0.3) is 17.1 Å². The smallest absolute Gasteiger partial charge is 0.328 e. The molecule has 0 aliphatic carbocycles. The lowest BCUT2D eigenvalue weighted by Gasteiger charge is -2.01. The molecule has 0 radical (unpaired) electrons. The second kappa shape index (κ2) is 4.05. The average Bonchev–Trinajstić information content (AvgIpc) is 2.54. The fourth-order valence-corrected chi connectivity index (χ4v) is 1.76. The van der Waals surface area contributed by atoms with Gasteiger partial charge in [0.1, 0.15) is 5.82 Å². The van der Waals surface area contributed by atoms with E-state index < -0.39 is 5.97 Å². The number of carboxylic acids is 1. The fourth-order valence-electron chi connectivity index (χ4n) is 1.76. The van der Waals surface area contributed by atoms with E-state index in [1.54, 1.807) is 0 Å². The highest BCUT2D eigenvalue weighted by Crippen LogP contribution is 2.20. The third-order valence-electron chi connectivity index (χ3n) is 2.91. The Morgan fingerprint density at radius 3 is 2.65 bits per heavy atom. The van der Waals surface area contributed by atoms with Crippen molar-refractivity contribution >= 4 is 23.1 Å². The van der Waals surface area contributed by atoms with Crippen LogP contribution in [0.5, 0.6) is 0 Å². The number of hydrogen-bond donors (Lipinski definition) is 1. The summed E-state index contributed by atoms with van der Waals surface area (Å²) in [4.78, 5) is 14.9. The predicted molar refractivity (Wildman–Crippen MR) is 66.9 cm³/mol. The first kappa shape index (κ1) is 11.4. The van der Waals surface area contributed by atoms with Crippen LogP contribution in [-0.2, 0) is 11.8 Å². The van der Waals surface area contributed by atoms with Crippen LogP contribution in [0.3, 0.4) is 0 Å². The fraction of sp³-hybridized carbons (Fsp3) is 0.231. The van der Waals surface area contributed by atoms with Crippen LogP contribution in [0.15, 0.2) is 18.2 Å². The zero-order valence-electron chi connectivity index (χ0n) is 10.1. The zero-order valence-corrected chi connectivity index (χ0v) is 10.1. The van der Waals surface area contributed by atoms with Crippen molar-refractivity contribution in [2.24, 2.45) is 7.05 Å². The Bertz CT molecular complexity index is 624. The summed E-state index contributed by atoms with van der Waals surface area (Å²) >= 11 is 0. The lowest BCUT2D eigenvalue weighted by molar-refractivity contribution is -0.131. The Morgan fingerprint density at radius 2 is 2.00 bits per heavy atom. The minimum atomic E-state index is -0.968. The SMILES string of the molecule is Cc1cc2nc(/C=C/C(=O)O)n(C)c2cc1C. The number of hydrogen-bond acceptors (Lipinski definition) is 2. The summed E-state index contributed by atoms with van der Waals surface area (Å²) in [6.45, 7) is 4.09. The Hall–Kier alpha value is -2.10. The second-order valence-corrected chi connectivity index (χ2v) is 4.13. The predicted octanol–water partition coefficient (Wildman–Crippen LogP) is 2.29. The summed E-state index contributed by atoms with van der Waals surface area (Å²) in [6.07, 6.45) is 2.61. The van der Waals surface area contributed by atoms with E-state index in [0.717, 1.165) is 17.1 Å². The highest BCUT2D eigenvalue weighted by molar-refractivity contribution is 5.86. The van der Waals surface area contributed by atoms with Gasteiger partial charge >= 0.3 is 5.97 Å². The van der Waals surface area contributed by atoms with Crippen LogP contribution in [0, 0.1) is 13.8 Å². The number of rotatable bonds is 2. The molecule has 0 spiro atoms. The van der Waals surface area contributed by atoms with E-state index in [4.69, 9.17) is 5.11 Å². The highest BCUT2D eigenvalue weighted by atomic mass is 16.4. The van der Waals surface area contributed by atoms with E-state index in [1.165, 1.54) is 17.2 Å². The molecule has 4 nitrogen and oxygen atoms in total. The van der Waals surface area contributed by atoms with Gasteiger partial charge in [-0.25, -0.2) is 9.78 Å². The average molecular weight is 230 g/mol. The number of nitrogens with zero attached hydrogens (tertiary/aromatic N) is 2. The Kier molecular flexibility index (Phi) is 2.71. The topological polar surface area (TPSA) is 55.1 Å². The molecule has 0 aliphatic rings. The zero-order chi connectivity index (χ0) is 12.6. The Labute approximate surface area is 99.2 Å². The van der Waals surface area contributed by atoms with Gasteiger partial charge in [0.15, 0.2) is 0 Å². The number of imidazole rings is 1. The molecule has 88 valence electrons. The first-order valence-corrected chi connectivity index (χ1v) is 5.33. The summed E-state index contributed by atoms with van der Waals surface area (Å²) < 4.78 is 1.89. The maximum Gasteiger partial charge on any atom is 0.328 e. The molecule has 17 heavy (non-hydrogen) atoms. The molecule has 1 heterocycles. The molecule has 0 unspecified atom stereocenters. The van der Waals surface area contributed by atoms with Gasteiger partial charge in [-0.2, -0.15) is 0 Å². The van der Waals surface area contributed by atoms with Crippen LogP contribution in [0.2, 0.25) is 0 Å². The third kappa shape index (κ3) is 2.06. The van der Waals surface area contributed by atoms with Gasteiger partial charge in [0.05, 0.1) is 11.0 Å². The minimum absolute atomic E-state index is 0.646. The number of aromatic nitrogens is 2. The summed E-state index contributed by atoms with van der Waals surface area (Å²) in [5.41, 5.74) is 4.29. The van der Waals surface area contributed by atoms with E-state index in [-0.39, 0.29) is 0 Å². The van der Waals surface area contributed by atoms with Crippen molar-refractivity contribution in [1.29, 1.82) is 0 Å². The molecule has 2 rings (SSSR count). The normalized spacial score (nSPS) is 11.5. The van der Waals surface area contributed by atoms with Crippen molar-refractivity contribution in [2.75, 3.05) is 0 Å². The maximum absolute atomic E-state index is 10.5. The van der Waals surface area contributed by atoms with Gasteiger partial charge in [0.2, 0.25) is 0 Å². The summed E-state index contributed by atoms with van der Waals surface area (Å²) in [6, 6.07) is 4.08. The number of aryl methyl sites for hydroxylation is 3. The van der Waals surface area contributed by atoms with Crippen LogP contribution in [-0.4, -0.2) is 20.6 Å². The maximum atomic E-state index is 10.5. The largest absolute Gasteiger partial charge is 0.478 e. The summed E-state index contributed by atoms with van der Waals surface area (Å²) in [5, 5.41) is 8.60. The van der Waals surface area contributed by atoms with Crippen molar-refractivity contribution in [3.8, 4) is 0 Å². The molecular formula is C13H14N2O2. The molecule has 1 aromatic heterocycles. The van der Waals surface area contributed by atoms with Crippen LogP contribution in [0.4, 0.5) is 0 Å². The molecule has 1 aromatic carbocycles. The van der Waals surface area contributed by atoms with Crippen molar-refractivity contribution in [3.05, 3.63) is 35.2 Å². The molecule has 0 fully saturated rings. The van der Waals surface area contributed by atoms with Gasteiger partial charge in [0, 0.05) is 13.1 Å². The quantitative estimate of drug-likeness (QED) is 0.805. The molecule has 0 saturated carbocycles. The number of carboxylic acid groups (broad SMARTS) is 1. The summed E-state index contributed by atoms with van der Waals surface area (Å²) in [7, 11) is 1.88. The standard InChI is InChI=1S/C13H14N2O2/c1-8-6-10-11(7-9(8)2)15(3)12(14-10)4-5-13(16)17/h4-7H,1-3H3,(H,16,17)/b5-4+. The van der Waals surface area contributed by atoms with Gasteiger partial charge in [-0.15, -0.1) is 0 Å². The summed E-state index contributed by atoms with van der Waals surface area (Å²) in [5.74, 6) is -0.322. The first-order chi connectivity index (χ1) is 7.99. The molecule has 0 bridgehead atoms. The number of benzene rings is 1. The van der Waals surface area contributed by atoms with E-state index in [0.29, 0.717) is 5.82 Å². The number of aliphatic carboxylic acids is 1. The first-order valence-electron chi connectivity index (χ1n) is 5.33. The Balaban J connectivity index is 2.60. The Morgan fingerprint density at radius 1 is 1.35 bits per heavy atom. The van der Waals surface area contributed by atoms with E-state index >= 15 is 0 Å². The van der Waals surface area contributed by atoms with Gasteiger partial charge in [-0.05, 0) is 43.2 Å². The van der Waals surface area contributed by atoms with Gasteiger partial charge in [0.25, 0.3) is 0 Å². The number of carbonyl (C=O) groups is 1. The van der Waals surface area contributed by atoms with E-state index in [9.17, 15) is 4.79 Å². The lowest BCUT2D eigenvalue weighted by Crippen LogP contribution is -1.93. The van der Waals surface area contributed by atoms with E-state index in [2.05, 4.69) is 18.0 Å². The molecule has 0 aliphatic heterocycles. The third-order valence-corrected chi connectivity index (χ3v) is 2.91. The molecule has 0 amide bonds. The van der Waals surface area contributed by atoms with Crippen molar-refractivity contribution < 1.29 is 9.90 Å². The minimum Gasteiger partial charge on any atom is -0.478 e. The van der Waals surface area contributed by atoms with Crippen molar-refractivity contribution in [2.45, 2.75) is 13.8 Å². The van der Waals surface area contributed by atoms with Crippen LogP contribution >= 0.6 is 0 Å². The van der Waals surface area contributed by atoms with Crippen LogP contribution in [0.1, 0.15) is 17.0 Å². The monoisotopic (exact) mass is 230 g/mol. The molecule has 4 heteroatoms. The van der Waals surface area contributed by atoms with Crippen molar-refractivity contribution in [3.63, 3.8) is 0 Å². The van der Waals surface area contributed by atoms with Gasteiger partial charge in [-0.1, -0.05) is 0 Å². The molecule has 0 atom stereocenters. The second-order valence-electron chi connectivity index (χ2n) is 4.13.